The topological polar surface area (TPSA) is 13.1 Å². The van der Waals surface area contributed by atoms with Crippen LogP contribution < -0.4 is 0 Å². The van der Waals surface area contributed by atoms with E-state index < -0.39 is 0 Å². The van der Waals surface area contributed by atoms with Gasteiger partial charge in [0.05, 0.1) is 0 Å². The molecule has 0 saturated heterocycles. The fraction of sp³-hybridized carbons (Fsp3) is 0.0800. The molecule has 1 aliphatic rings. The summed E-state index contributed by atoms with van der Waals surface area (Å²) in [6.45, 7) is 4.56. The first-order valence-corrected chi connectivity index (χ1v) is 18.0. The number of fused-ring (bicyclic) bond motifs is 6. The molecule has 51 heavy (non-hydrogen) atoms. The van der Waals surface area contributed by atoms with Crippen LogP contribution >= 0.6 is 0 Å². The molecule has 9 aromatic rings. The van der Waals surface area contributed by atoms with Crippen molar-refractivity contribution in [2.24, 2.45) is 0 Å². The molecular weight excluding hydrogens is 617 g/mol. The number of hydrogen-bond donors (Lipinski definition) is 0. The highest BCUT2D eigenvalue weighted by Crippen LogP contribution is 2.47. The van der Waals surface area contributed by atoms with Gasteiger partial charge in [-0.15, -0.1) is 0 Å². The van der Waals surface area contributed by atoms with Gasteiger partial charge in [-0.1, -0.05) is 139 Å². The van der Waals surface area contributed by atoms with Gasteiger partial charge in [-0.3, -0.25) is 0 Å². The van der Waals surface area contributed by atoms with Crippen molar-refractivity contribution in [2.45, 2.75) is 26.7 Å². The van der Waals surface area contributed by atoms with Crippen molar-refractivity contribution >= 4 is 59.8 Å². The van der Waals surface area contributed by atoms with Crippen LogP contribution in [0.3, 0.4) is 0 Å². The van der Waals surface area contributed by atoms with Gasteiger partial charge in [0.1, 0.15) is 11.2 Å². The fourth-order valence-corrected chi connectivity index (χ4v) is 8.60. The van der Waals surface area contributed by atoms with Gasteiger partial charge in [-0.2, -0.15) is 0 Å². The molecule has 0 N–H and O–H groups in total. The predicted octanol–water partition coefficient (Wildman–Crippen LogP) is 14.5. The first-order valence-electron chi connectivity index (χ1n) is 18.0. The lowest BCUT2D eigenvalue weighted by Gasteiger charge is -2.20. The first kappa shape index (κ1) is 29.7. The van der Waals surface area contributed by atoms with Crippen LogP contribution in [0.4, 0.5) is 0 Å². The Kier molecular flexibility index (Phi) is 6.82. The van der Waals surface area contributed by atoms with Gasteiger partial charge in [0.15, 0.2) is 0 Å². The molecule has 1 nitrogen and oxygen atoms in total. The van der Waals surface area contributed by atoms with Crippen LogP contribution in [0.25, 0.3) is 93.2 Å². The molecule has 0 bridgehead atoms. The van der Waals surface area contributed by atoms with Crippen molar-refractivity contribution in [1.82, 2.24) is 0 Å². The third-order valence-electron chi connectivity index (χ3n) is 11.1. The van der Waals surface area contributed by atoms with Crippen molar-refractivity contribution in [2.75, 3.05) is 0 Å². The van der Waals surface area contributed by atoms with Gasteiger partial charge < -0.3 is 4.42 Å². The Hall–Kier alpha value is -6.18. The predicted molar refractivity (Wildman–Crippen MR) is 218 cm³/mol. The second kappa shape index (κ2) is 11.7. The average Bonchev–Trinajstić information content (AvgIpc) is 3.54. The van der Waals surface area contributed by atoms with Gasteiger partial charge in [-0.05, 0) is 128 Å². The molecule has 0 aliphatic heterocycles. The molecule has 0 saturated carbocycles. The molecule has 242 valence electrons. The second-order valence-corrected chi connectivity index (χ2v) is 14.0. The minimum Gasteiger partial charge on any atom is -0.455 e. The van der Waals surface area contributed by atoms with E-state index in [-0.39, 0.29) is 0 Å². The lowest BCUT2D eigenvalue weighted by molar-refractivity contribution is 0.669. The minimum absolute atomic E-state index is 0.924. The standard InChI is InChI=1S/C50H36O/c1-31-14-3-6-19-38(31)44-30-45-39-20-11-12-25-46(39)51-50(45)47(32(44)2)35-17-13-18-36(29-35)48-40-21-7-9-23-42(40)49(43-24-10-8-22-41(43)48)37-27-26-33-15-4-5-16-34(33)28-37/h4-13,15-30H,3,14H2,1-2H3. The van der Waals surface area contributed by atoms with Gasteiger partial charge >= 0.3 is 0 Å². The maximum Gasteiger partial charge on any atom is 0.143 e. The smallest absolute Gasteiger partial charge is 0.143 e. The molecule has 10 rings (SSSR count). The van der Waals surface area contributed by atoms with Crippen LogP contribution in [0.5, 0.6) is 0 Å². The highest BCUT2D eigenvalue weighted by molar-refractivity contribution is 6.22. The lowest BCUT2D eigenvalue weighted by atomic mass is 9.84. The van der Waals surface area contributed by atoms with Crippen molar-refractivity contribution in [3.05, 3.63) is 174 Å². The molecule has 0 atom stereocenters. The third-order valence-corrected chi connectivity index (χ3v) is 11.1. The maximum atomic E-state index is 6.74. The number of furan rings is 1. The van der Waals surface area contributed by atoms with Crippen LogP contribution in [0.15, 0.2) is 168 Å². The zero-order chi connectivity index (χ0) is 34.1. The van der Waals surface area contributed by atoms with Gasteiger partial charge in [-0.25, -0.2) is 0 Å². The van der Waals surface area contributed by atoms with E-state index in [1.54, 1.807) is 0 Å². The summed E-state index contributed by atoms with van der Waals surface area (Å²) in [6.07, 6.45) is 6.83. The summed E-state index contributed by atoms with van der Waals surface area (Å²) in [5.74, 6) is 0. The quantitative estimate of drug-likeness (QED) is 0.172. The summed E-state index contributed by atoms with van der Waals surface area (Å²) in [5.41, 5.74) is 14.5. The van der Waals surface area contributed by atoms with E-state index in [1.807, 2.05) is 0 Å². The Morgan fingerprint density at radius 2 is 1.06 bits per heavy atom. The van der Waals surface area contributed by atoms with E-state index in [0.29, 0.717) is 0 Å². The summed E-state index contributed by atoms with van der Waals surface area (Å²) < 4.78 is 6.74. The van der Waals surface area contributed by atoms with Crippen molar-refractivity contribution in [1.29, 1.82) is 0 Å². The van der Waals surface area contributed by atoms with Crippen LogP contribution in [0.2, 0.25) is 0 Å². The van der Waals surface area contributed by atoms with Crippen LogP contribution in [0.1, 0.15) is 30.9 Å². The number of rotatable bonds is 4. The summed E-state index contributed by atoms with van der Waals surface area (Å²) in [6, 6.07) is 53.3. The Bertz CT molecular complexity index is 2870. The SMILES string of the molecule is CC1=C(c2cc3c(oc4ccccc43)c(-c3cccc(-c4c5ccccc5c(-c5ccc6ccccc6c5)c5ccccc45)c3)c2C)C=CCC1. The highest BCUT2D eigenvalue weighted by atomic mass is 16.3. The molecule has 1 heterocycles. The largest absolute Gasteiger partial charge is 0.455 e. The van der Waals surface area contributed by atoms with E-state index >= 15 is 0 Å². The first-order chi connectivity index (χ1) is 25.1. The molecule has 0 unspecified atom stereocenters. The van der Waals surface area contributed by atoms with Crippen molar-refractivity contribution < 1.29 is 4.42 Å². The van der Waals surface area contributed by atoms with E-state index in [1.165, 1.54) is 93.4 Å². The molecule has 0 spiro atoms. The highest BCUT2D eigenvalue weighted by Gasteiger charge is 2.22. The van der Waals surface area contributed by atoms with Crippen LogP contribution in [0, 0.1) is 6.92 Å². The Balaban J connectivity index is 1.25. The molecule has 0 radical (unpaired) electrons. The Morgan fingerprint density at radius 1 is 0.471 bits per heavy atom. The zero-order valence-corrected chi connectivity index (χ0v) is 28.8. The van der Waals surface area contributed by atoms with Crippen molar-refractivity contribution in [3.63, 3.8) is 0 Å². The summed E-state index contributed by atoms with van der Waals surface area (Å²) in [5, 5.41) is 9.86. The third kappa shape index (κ3) is 4.69. The number of allylic oxidation sites excluding steroid dienone is 4. The zero-order valence-electron chi connectivity index (χ0n) is 28.8. The summed E-state index contributed by atoms with van der Waals surface area (Å²) in [7, 11) is 0. The summed E-state index contributed by atoms with van der Waals surface area (Å²) in [4.78, 5) is 0. The fourth-order valence-electron chi connectivity index (χ4n) is 8.60. The van der Waals surface area contributed by atoms with Crippen LogP contribution in [-0.4, -0.2) is 0 Å². The molecule has 8 aromatic carbocycles. The average molecular weight is 653 g/mol. The molecular formula is C50H36O. The molecule has 0 amide bonds. The number of para-hydroxylation sites is 1. The Labute approximate surface area is 297 Å². The van der Waals surface area contributed by atoms with Gasteiger partial charge in [0.25, 0.3) is 0 Å². The van der Waals surface area contributed by atoms with Crippen molar-refractivity contribution in [3.8, 4) is 33.4 Å². The maximum absolute atomic E-state index is 6.74. The lowest BCUT2D eigenvalue weighted by Crippen LogP contribution is -1.97. The normalized spacial score (nSPS) is 13.4. The molecule has 1 aromatic heterocycles. The van der Waals surface area contributed by atoms with E-state index in [4.69, 9.17) is 4.42 Å². The monoisotopic (exact) mass is 652 g/mol. The molecule has 1 heteroatoms. The summed E-state index contributed by atoms with van der Waals surface area (Å²) >= 11 is 0. The molecule has 0 fully saturated rings. The Morgan fingerprint density at radius 3 is 1.75 bits per heavy atom. The minimum atomic E-state index is 0.924. The van der Waals surface area contributed by atoms with E-state index in [9.17, 15) is 0 Å². The number of benzene rings is 8. The van der Waals surface area contributed by atoms with E-state index in [2.05, 4.69) is 172 Å². The second-order valence-electron chi connectivity index (χ2n) is 14.0. The van der Waals surface area contributed by atoms with Gasteiger partial charge in [0.2, 0.25) is 0 Å². The number of hydrogen-bond acceptors (Lipinski definition) is 1. The molecule has 1 aliphatic carbocycles. The van der Waals surface area contributed by atoms with Crippen LogP contribution in [-0.2, 0) is 0 Å². The van der Waals surface area contributed by atoms with Gasteiger partial charge in [0, 0.05) is 16.3 Å². The van der Waals surface area contributed by atoms with E-state index in [0.717, 1.165) is 29.4 Å².